The van der Waals surface area contributed by atoms with Gasteiger partial charge in [0.25, 0.3) is 5.91 Å². The lowest BCUT2D eigenvalue weighted by Crippen LogP contribution is -2.50. The van der Waals surface area contributed by atoms with E-state index in [4.69, 9.17) is 0 Å². The van der Waals surface area contributed by atoms with Gasteiger partial charge in [-0.3, -0.25) is 14.4 Å². The molecule has 0 aliphatic carbocycles. The molecule has 0 radical (unpaired) electrons. The highest BCUT2D eigenvalue weighted by molar-refractivity contribution is 7.12. The van der Waals surface area contributed by atoms with Crippen molar-refractivity contribution in [2.45, 2.75) is 33.7 Å². The smallest absolute Gasteiger partial charge is 0.262 e. The molecule has 1 aromatic carbocycles. The van der Waals surface area contributed by atoms with E-state index in [1.54, 1.807) is 17.5 Å². The second-order valence-electron chi connectivity index (χ2n) is 6.71. The van der Waals surface area contributed by atoms with E-state index in [-0.39, 0.29) is 30.2 Å². The summed E-state index contributed by atoms with van der Waals surface area (Å²) in [5.74, 6) is -1.10. The van der Waals surface area contributed by atoms with Crippen molar-refractivity contribution < 1.29 is 14.4 Å². The molecule has 2 rings (SSSR count). The summed E-state index contributed by atoms with van der Waals surface area (Å²) in [6, 6.07) is 8.51. The van der Waals surface area contributed by atoms with E-state index in [1.165, 1.54) is 11.3 Å². The molecule has 0 fully saturated rings. The van der Waals surface area contributed by atoms with Crippen molar-refractivity contribution >= 4 is 34.7 Å². The van der Waals surface area contributed by atoms with Gasteiger partial charge < -0.3 is 16.0 Å². The number of aryl methyl sites for hydroxylation is 2. The number of anilines is 1. The normalized spacial score (nSPS) is 11.7. The minimum atomic E-state index is -0.715. The third-order valence-corrected chi connectivity index (χ3v) is 5.02. The highest BCUT2D eigenvalue weighted by atomic mass is 32.1. The topological polar surface area (TPSA) is 87.3 Å². The lowest BCUT2D eigenvalue weighted by atomic mass is 10.0. The Balaban J connectivity index is 1.93. The van der Waals surface area contributed by atoms with E-state index in [9.17, 15) is 14.4 Å². The third kappa shape index (κ3) is 5.65. The molecule has 0 saturated heterocycles. The van der Waals surface area contributed by atoms with Crippen LogP contribution in [-0.4, -0.2) is 30.3 Å². The van der Waals surface area contributed by atoms with Crippen molar-refractivity contribution in [1.82, 2.24) is 10.6 Å². The fourth-order valence-corrected chi connectivity index (χ4v) is 3.25. The maximum absolute atomic E-state index is 12.5. The molecule has 0 aliphatic heterocycles. The van der Waals surface area contributed by atoms with Gasteiger partial charge in [-0.15, -0.1) is 11.3 Å². The van der Waals surface area contributed by atoms with Gasteiger partial charge in [-0.2, -0.15) is 0 Å². The number of carbonyl (C=O) groups excluding carboxylic acids is 3. The number of carbonyl (C=O) groups is 3. The van der Waals surface area contributed by atoms with Crippen LogP contribution in [0.15, 0.2) is 35.7 Å². The molecule has 2 aromatic rings. The first-order chi connectivity index (χ1) is 12.8. The molecule has 27 heavy (non-hydrogen) atoms. The standard InChI is InChI=1S/C20H25N3O3S/c1-12(2)17(23-19(25)15-9-6-10-27-15)20(26)21-11-16(24)22-18-13(3)7-5-8-14(18)4/h5-10,12,17H,11H2,1-4H3,(H,21,26)(H,22,24)(H,23,25)/t17-/m0/s1. The average molecular weight is 388 g/mol. The van der Waals surface area contributed by atoms with Gasteiger partial charge in [0.15, 0.2) is 0 Å². The molecule has 0 aliphatic rings. The number of rotatable bonds is 7. The average Bonchev–Trinajstić information content (AvgIpc) is 3.15. The summed E-state index contributed by atoms with van der Waals surface area (Å²) in [6.07, 6.45) is 0. The number of benzene rings is 1. The Hall–Kier alpha value is -2.67. The summed E-state index contributed by atoms with van der Waals surface area (Å²) < 4.78 is 0. The summed E-state index contributed by atoms with van der Waals surface area (Å²) in [5.41, 5.74) is 2.67. The van der Waals surface area contributed by atoms with Crippen molar-refractivity contribution in [2.75, 3.05) is 11.9 Å². The molecular weight excluding hydrogens is 362 g/mol. The third-order valence-electron chi connectivity index (χ3n) is 4.15. The SMILES string of the molecule is Cc1cccc(C)c1NC(=O)CNC(=O)[C@@H](NC(=O)c1cccs1)C(C)C. The van der Waals surface area contributed by atoms with Crippen LogP contribution in [0.3, 0.4) is 0 Å². The number of para-hydroxylation sites is 1. The molecule has 7 heteroatoms. The fourth-order valence-electron chi connectivity index (χ4n) is 2.63. The summed E-state index contributed by atoms with van der Waals surface area (Å²) >= 11 is 1.31. The van der Waals surface area contributed by atoms with Crippen LogP contribution >= 0.6 is 11.3 Å². The Morgan fingerprint density at radius 2 is 1.70 bits per heavy atom. The van der Waals surface area contributed by atoms with Crippen LogP contribution in [0.2, 0.25) is 0 Å². The first-order valence-electron chi connectivity index (χ1n) is 8.77. The molecule has 6 nitrogen and oxygen atoms in total. The van der Waals surface area contributed by atoms with Crippen LogP contribution in [0.5, 0.6) is 0 Å². The maximum atomic E-state index is 12.5. The monoisotopic (exact) mass is 387 g/mol. The van der Waals surface area contributed by atoms with Gasteiger partial charge in [-0.1, -0.05) is 38.1 Å². The zero-order valence-corrected chi connectivity index (χ0v) is 16.8. The van der Waals surface area contributed by atoms with E-state index >= 15 is 0 Å². The number of nitrogens with one attached hydrogen (secondary N) is 3. The minimum absolute atomic E-state index is 0.115. The first kappa shape index (κ1) is 20.6. The molecule has 144 valence electrons. The fraction of sp³-hybridized carbons (Fsp3) is 0.350. The van der Waals surface area contributed by atoms with E-state index in [0.717, 1.165) is 16.8 Å². The molecule has 1 aromatic heterocycles. The van der Waals surface area contributed by atoms with Crippen molar-refractivity contribution in [3.63, 3.8) is 0 Å². The number of hydrogen-bond acceptors (Lipinski definition) is 4. The van der Waals surface area contributed by atoms with E-state index < -0.39 is 6.04 Å². The summed E-state index contributed by atoms with van der Waals surface area (Å²) in [7, 11) is 0. The van der Waals surface area contributed by atoms with E-state index in [2.05, 4.69) is 16.0 Å². The van der Waals surface area contributed by atoms with Gasteiger partial charge in [0.1, 0.15) is 6.04 Å². The molecule has 3 N–H and O–H groups in total. The van der Waals surface area contributed by atoms with Crippen molar-refractivity contribution in [1.29, 1.82) is 0 Å². The highest BCUT2D eigenvalue weighted by Crippen LogP contribution is 2.19. The molecule has 1 heterocycles. The molecule has 1 atom stereocenters. The van der Waals surface area contributed by atoms with Crippen LogP contribution in [0, 0.1) is 19.8 Å². The zero-order valence-electron chi connectivity index (χ0n) is 16.0. The second-order valence-corrected chi connectivity index (χ2v) is 7.65. The van der Waals surface area contributed by atoms with Crippen LogP contribution < -0.4 is 16.0 Å². The quantitative estimate of drug-likeness (QED) is 0.683. The lowest BCUT2D eigenvalue weighted by molar-refractivity contribution is -0.126. The van der Waals surface area contributed by atoms with Crippen LogP contribution in [0.4, 0.5) is 5.69 Å². The van der Waals surface area contributed by atoms with Crippen molar-refractivity contribution in [3.8, 4) is 0 Å². The highest BCUT2D eigenvalue weighted by Gasteiger charge is 2.25. The Bertz CT molecular complexity index is 796. The molecule has 0 spiro atoms. The molecule has 3 amide bonds. The molecular formula is C20H25N3O3S. The number of amides is 3. The van der Waals surface area contributed by atoms with Gasteiger partial charge in [-0.25, -0.2) is 0 Å². The van der Waals surface area contributed by atoms with E-state index in [1.807, 2.05) is 45.9 Å². The predicted molar refractivity (Wildman–Crippen MR) is 108 cm³/mol. The van der Waals surface area contributed by atoms with Crippen LogP contribution in [0.1, 0.15) is 34.6 Å². The van der Waals surface area contributed by atoms with Crippen LogP contribution in [-0.2, 0) is 9.59 Å². The Labute approximate surface area is 163 Å². The molecule has 0 unspecified atom stereocenters. The summed E-state index contributed by atoms with van der Waals surface area (Å²) in [4.78, 5) is 37.5. The first-order valence-corrected chi connectivity index (χ1v) is 9.65. The molecule has 0 saturated carbocycles. The van der Waals surface area contributed by atoms with Crippen molar-refractivity contribution in [2.24, 2.45) is 5.92 Å². The maximum Gasteiger partial charge on any atom is 0.262 e. The summed E-state index contributed by atoms with van der Waals surface area (Å²) in [6.45, 7) is 7.35. The van der Waals surface area contributed by atoms with Gasteiger partial charge in [0.05, 0.1) is 11.4 Å². The zero-order chi connectivity index (χ0) is 20.0. The Morgan fingerprint density at radius 3 is 2.26 bits per heavy atom. The lowest BCUT2D eigenvalue weighted by Gasteiger charge is -2.21. The van der Waals surface area contributed by atoms with E-state index in [0.29, 0.717) is 4.88 Å². The van der Waals surface area contributed by atoms with Crippen molar-refractivity contribution in [3.05, 3.63) is 51.7 Å². The van der Waals surface area contributed by atoms with Gasteiger partial charge >= 0.3 is 0 Å². The Morgan fingerprint density at radius 1 is 1.04 bits per heavy atom. The largest absolute Gasteiger partial charge is 0.345 e. The Kier molecular flexibility index (Phi) is 7.12. The van der Waals surface area contributed by atoms with Crippen LogP contribution in [0.25, 0.3) is 0 Å². The van der Waals surface area contributed by atoms with Gasteiger partial charge in [0.2, 0.25) is 11.8 Å². The predicted octanol–water partition coefficient (Wildman–Crippen LogP) is 2.87. The number of thiophene rings is 1. The van der Waals surface area contributed by atoms with Gasteiger partial charge in [0, 0.05) is 5.69 Å². The summed E-state index contributed by atoms with van der Waals surface area (Å²) in [5, 5.41) is 9.98. The molecule has 0 bridgehead atoms. The second kappa shape index (κ2) is 9.32. The van der Waals surface area contributed by atoms with Gasteiger partial charge in [-0.05, 0) is 42.3 Å². The number of hydrogen-bond donors (Lipinski definition) is 3. The minimum Gasteiger partial charge on any atom is -0.345 e.